The highest BCUT2D eigenvalue weighted by molar-refractivity contribution is 6.30. The number of carbonyl (C=O) groups excluding carboxylic acids is 1. The maximum absolute atomic E-state index is 12.6. The van der Waals surface area contributed by atoms with Gasteiger partial charge in [0.2, 0.25) is 0 Å². The second kappa shape index (κ2) is 7.97. The van der Waals surface area contributed by atoms with Crippen LogP contribution in [0.1, 0.15) is 29.6 Å². The smallest absolute Gasteiger partial charge is 0.291 e. The molecule has 6 heteroatoms. The molecule has 0 atom stereocenters. The zero-order valence-electron chi connectivity index (χ0n) is 15.9. The van der Waals surface area contributed by atoms with E-state index in [1.165, 1.54) is 0 Å². The molecule has 2 aromatic heterocycles. The molecule has 2 heterocycles. The Morgan fingerprint density at radius 1 is 1.10 bits per heavy atom. The molecule has 0 bridgehead atoms. The van der Waals surface area contributed by atoms with Gasteiger partial charge in [-0.2, -0.15) is 0 Å². The fourth-order valence-electron chi connectivity index (χ4n) is 3.19. The molecule has 3 N–H and O–H groups in total. The number of nitrogens with one attached hydrogen (secondary N) is 1. The number of hydrogen-bond donors (Lipinski definition) is 2. The number of aryl methyl sites for hydroxylation is 1. The van der Waals surface area contributed by atoms with Crippen LogP contribution in [0.25, 0.3) is 22.2 Å². The molecule has 146 valence electrons. The molecule has 0 aliphatic carbocycles. The van der Waals surface area contributed by atoms with Gasteiger partial charge in [-0.3, -0.25) is 9.78 Å². The monoisotopic (exact) mass is 405 g/mol. The number of rotatable bonds is 5. The summed E-state index contributed by atoms with van der Waals surface area (Å²) >= 11 is 5.91. The van der Waals surface area contributed by atoms with E-state index in [-0.39, 0.29) is 11.7 Å². The Bertz CT molecular complexity index is 1180. The Hall–Kier alpha value is -3.31. The van der Waals surface area contributed by atoms with Crippen LogP contribution in [-0.4, -0.2) is 10.9 Å². The van der Waals surface area contributed by atoms with Crippen molar-refractivity contribution in [1.82, 2.24) is 4.98 Å². The van der Waals surface area contributed by atoms with Gasteiger partial charge >= 0.3 is 0 Å². The van der Waals surface area contributed by atoms with Gasteiger partial charge in [0.05, 0.1) is 5.52 Å². The van der Waals surface area contributed by atoms with Gasteiger partial charge in [-0.05, 0) is 67.1 Å². The summed E-state index contributed by atoms with van der Waals surface area (Å²) in [5.41, 5.74) is 10.1. The van der Waals surface area contributed by atoms with Crippen LogP contribution < -0.4 is 11.1 Å². The molecule has 29 heavy (non-hydrogen) atoms. The topological polar surface area (TPSA) is 81.1 Å². The van der Waals surface area contributed by atoms with Gasteiger partial charge in [-0.1, -0.05) is 24.9 Å². The summed E-state index contributed by atoms with van der Waals surface area (Å²) in [7, 11) is 0. The molecule has 0 radical (unpaired) electrons. The molecule has 4 aromatic rings. The molecule has 0 aliphatic heterocycles. The molecule has 4 rings (SSSR count). The van der Waals surface area contributed by atoms with Crippen molar-refractivity contribution in [1.29, 1.82) is 0 Å². The van der Waals surface area contributed by atoms with E-state index in [0.717, 1.165) is 35.0 Å². The maximum atomic E-state index is 12.6. The van der Waals surface area contributed by atoms with Crippen LogP contribution in [0.4, 0.5) is 11.4 Å². The van der Waals surface area contributed by atoms with E-state index < -0.39 is 0 Å². The molecule has 0 fully saturated rings. The Kier molecular flexibility index (Phi) is 5.23. The summed E-state index contributed by atoms with van der Waals surface area (Å²) in [6.07, 6.45) is 1.89. The third kappa shape index (κ3) is 4.10. The summed E-state index contributed by atoms with van der Waals surface area (Å²) in [6.45, 7) is 2.10. The molecular formula is C23H20ClN3O2. The lowest BCUT2D eigenvalue weighted by molar-refractivity contribution is 0.0997. The van der Waals surface area contributed by atoms with Crippen molar-refractivity contribution in [2.75, 3.05) is 11.1 Å². The fourth-order valence-corrected chi connectivity index (χ4v) is 3.32. The van der Waals surface area contributed by atoms with Crippen LogP contribution in [0.3, 0.4) is 0 Å². The van der Waals surface area contributed by atoms with E-state index in [0.29, 0.717) is 22.2 Å². The number of halogens is 1. The molecule has 5 nitrogen and oxygen atoms in total. The number of nitrogens with zero attached hydrogens (tertiary/aromatic N) is 1. The number of carbonyl (C=O) groups is 1. The zero-order chi connectivity index (χ0) is 20.4. The van der Waals surface area contributed by atoms with Gasteiger partial charge in [0.15, 0.2) is 5.76 Å². The first-order valence-corrected chi connectivity index (χ1v) is 9.77. The zero-order valence-corrected chi connectivity index (χ0v) is 16.7. The van der Waals surface area contributed by atoms with Crippen LogP contribution in [0.2, 0.25) is 5.02 Å². The van der Waals surface area contributed by atoms with E-state index in [9.17, 15) is 4.79 Å². The minimum Gasteiger partial charge on any atom is -0.451 e. The molecule has 0 saturated heterocycles. The number of nitrogens with two attached hydrogens (primary N) is 1. The van der Waals surface area contributed by atoms with Gasteiger partial charge in [0, 0.05) is 33.0 Å². The van der Waals surface area contributed by atoms with Crippen molar-refractivity contribution >= 4 is 39.8 Å². The number of furan rings is 1. The third-order valence-corrected chi connectivity index (χ3v) is 4.87. The minimum absolute atomic E-state index is 0.222. The molecule has 1 amide bonds. The normalized spacial score (nSPS) is 11.0. The first-order chi connectivity index (χ1) is 14.0. The number of pyridine rings is 1. The number of benzene rings is 2. The highest BCUT2D eigenvalue weighted by Crippen LogP contribution is 2.27. The van der Waals surface area contributed by atoms with E-state index in [4.69, 9.17) is 21.8 Å². The lowest BCUT2D eigenvalue weighted by Crippen LogP contribution is -2.10. The first-order valence-electron chi connectivity index (χ1n) is 9.40. The molecule has 0 unspecified atom stereocenters. The standard InChI is InChI=1S/C23H20ClN3O2/c1-2-3-16-13-19(25)18-12-17(8-9-20(18)26-16)27-23(28)22-11-10-21(29-22)14-4-6-15(24)7-5-14/h4-13H,2-3H2,1H3,(H2,25,26)(H,27,28). The predicted octanol–water partition coefficient (Wildman–Crippen LogP) is 5.94. The van der Waals surface area contributed by atoms with Crippen molar-refractivity contribution < 1.29 is 9.21 Å². The van der Waals surface area contributed by atoms with Crippen molar-refractivity contribution in [3.05, 3.63) is 77.1 Å². The van der Waals surface area contributed by atoms with E-state index in [1.807, 2.05) is 36.4 Å². The lowest BCUT2D eigenvalue weighted by atomic mass is 10.1. The Labute approximate surface area is 173 Å². The lowest BCUT2D eigenvalue weighted by Gasteiger charge is -2.09. The number of nitrogen functional groups attached to an aromatic ring is 1. The third-order valence-electron chi connectivity index (χ3n) is 4.62. The van der Waals surface area contributed by atoms with Crippen molar-refractivity contribution in [3.8, 4) is 11.3 Å². The summed E-state index contributed by atoms with van der Waals surface area (Å²) in [5.74, 6) is 0.486. The number of hydrogen-bond acceptors (Lipinski definition) is 4. The highest BCUT2D eigenvalue weighted by atomic mass is 35.5. The van der Waals surface area contributed by atoms with E-state index in [2.05, 4.69) is 17.2 Å². The highest BCUT2D eigenvalue weighted by Gasteiger charge is 2.13. The number of amides is 1. The van der Waals surface area contributed by atoms with Crippen LogP contribution >= 0.6 is 11.6 Å². The average molecular weight is 406 g/mol. The van der Waals surface area contributed by atoms with E-state index in [1.54, 1.807) is 24.3 Å². The molecule has 0 aliphatic rings. The number of anilines is 2. The second-order valence-electron chi connectivity index (χ2n) is 6.81. The Morgan fingerprint density at radius 3 is 2.66 bits per heavy atom. The van der Waals surface area contributed by atoms with Crippen molar-refractivity contribution in [3.63, 3.8) is 0 Å². The van der Waals surface area contributed by atoms with Crippen molar-refractivity contribution in [2.45, 2.75) is 19.8 Å². The summed E-state index contributed by atoms with van der Waals surface area (Å²) in [4.78, 5) is 17.2. The summed E-state index contributed by atoms with van der Waals surface area (Å²) < 4.78 is 5.71. The SMILES string of the molecule is CCCc1cc(N)c2cc(NC(=O)c3ccc(-c4ccc(Cl)cc4)o3)ccc2n1. The van der Waals surface area contributed by atoms with Crippen LogP contribution in [0.15, 0.2) is 65.1 Å². The van der Waals surface area contributed by atoms with Gasteiger partial charge in [0.25, 0.3) is 5.91 Å². The molecule has 0 spiro atoms. The van der Waals surface area contributed by atoms with Gasteiger partial charge in [0.1, 0.15) is 5.76 Å². The molecule has 0 saturated carbocycles. The average Bonchev–Trinajstić information content (AvgIpc) is 3.20. The van der Waals surface area contributed by atoms with Gasteiger partial charge < -0.3 is 15.5 Å². The number of fused-ring (bicyclic) bond motifs is 1. The van der Waals surface area contributed by atoms with Gasteiger partial charge in [-0.25, -0.2) is 0 Å². The molecular weight excluding hydrogens is 386 g/mol. The Balaban J connectivity index is 1.55. The quantitative estimate of drug-likeness (QED) is 0.430. The van der Waals surface area contributed by atoms with E-state index >= 15 is 0 Å². The molecule has 2 aromatic carbocycles. The first kappa shape index (κ1) is 19.0. The van der Waals surface area contributed by atoms with Crippen LogP contribution in [0, 0.1) is 0 Å². The van der Waals surface area contributed by atoms with Crippen molar-refractivity contribution in [2.24, 2.45) is 0 Å². The second-order valence-corrected chi connectivity index (χ2v) is 7.25. The number of aromatic nitrogens is 1. The fraction of sp³-hybridized carbons (Fsp3) is 0.130. The van der Waals surface area contributed by atoms with Gasteiger partial charge in [-0.15, -0.1) is 0 Å². The Morgan fingerprint density at radius 2 is 1.90 bits per heavy atom. The van der Waals surface area contributed by atoms with Crippen LogP contribution in [-0.2, 0) is 6.42 Å². The maximum Gasteiger partial charge on any atom is 0.291 e. The predicted molar refractivity (Wildman–Crippen MR) is 117 cm³/mol. The van der Waals surface area contributed by atoms with Crippen LogP contribution in [0.5, 0.6) is 0 Å². The summed E-state index contributed by atoms with van der Waals surface area (Å²) in [5, 5.41) is 4.31. The summed E-state index contributed by atoms with van der Waals surface area (Å²) in [6, 6.07) is 18.0. The largest absolute Gasteiger partial charge is 0.451 e. The minimum atomic E-state index is -0.335.